The lowest BCUT2D eigenvalue weighted by atomic mass is 10.0. The van der Waals surface area contributed by atoms with Gasteiger partial charge in [-0.3, -0.25) is 9.59 Å². The molecule has 4 aromatic rings. The third-order valence-corrected chi connectivity index (χ3v) is 7.05. The molecule has 0 radical (unpaired) electrons. The van der Waals surface area contributed by atoms with Gasteiger partial charge in [-0.1, -0.05) is 90.5 Å². The Kier molecular flexibility index (Phi) is 8.96. The molecule has 1 N–H and O–H groups in total. The number of halogens is 1. The lowest BCUT2D eigenvalue weighted by Crippen LogP contribution is -2.51. The summed E-state index contributed by atoms with van der Waals surface area (Å²) in [5, 5.41) is 5.01. The first-order chi connectivity index (χ1) is 18.0. The third-order valence-electron chi connectivity index (χ3n) is 6.24. The molecule has 0 aliphatic heterocycles. The summed E-state index contributed by atoms with van der Waals surface area (Å²) in [5.41, 5.74) is 3.04. The Morgan fingerprint density at radius 3 is 2.41 bits per heavy atom. The molecule has 0 heterocycles. The van der Waals surface area contributed by atoms with Gasteiger partial charge in [-0.25, -0.2) is 0 Å². The number of benzene rings is 4. The summed E-state index contributed by atoms with van der Waals surface area (Å²) in [7, 11) is 0. The van der Waals surface area contributed by atoms with E-state index < -0.39 is 6.04 Å². The van der Waals surface area contributed by atoms with Crippen molar-refractivity contribution in [2.24, 2.45) is 0 Å². The maximum absolute atomic E-state index is 13.7. The molecule has 4 rings (SSSR count). The Balaban J connectivity index is 1.63. The molecule has 0 unspecified atom stereocenters. The number of rotatable bonds is 10. The number of aryl methyl sites for hydroxylation is 1. The largest absolute Gasteiger partial charge is 0.483 e. The molecule has 2 amide bonds. The van der Waals surface area contributed by atoms with Crippen molar-refractivity contribution in [2.75, 3.05) is 13.2 Å². The number of nitrogens with zero attached hydrogens (tertiary/aromatic N) is 1. The van der Waals surface area contributed by atoms with Crippen molar-refractivity contribution in [2.45, 2.75) is 32.9 Å². The lowest BCUT2D eigenvalue weighted by molar-refractivity contribution is -0.142. The van der Waals surface area contributed by atoms with E-state index in [1.165, 1.54) is 0 Å². The minimum Gasteiger partial charge on any atom is -0.483 e. The Hall–Kier alpha value is -3.64. The zero-order valence-electron chi connectivity index (χ0n) is 21.1. The van der Waals surface area contributed by atoms with Crippen LogP contribution in [0.2, 0.25) is 0 Å². The SMILES string of the molecule is CCNC(=O)[C@@H](Cc1ccccc1)N(Cc1cccc(C)c1)C(=O)COc1ccc2ccccc2c1Br. The number of carbonyl (C=O) groups excluding carboxylic acids is 2. The van der Waals surface area contributed by atoms with Crippen molar-refractivity contribution in [1.29, 1.82) is 0 Å². The summed E-state index contributed by atoms with van der Waals surface area (Å²) >= 11 is 3.63. The maximum atomic E-state index is 13.7. The second-order valence-electron chi connectivity index (χ2n) is 9.00. The van der Waals surface area contributed by atoms with Gasteiger partial charge in [0.05, 0.1) is 4.47 Å². The van der Waals surface area contributed by atoms with E-state index in [1.807, 2.05) is 105 Å². The van der Waals surface area contributed by atoms with E-state index >= 15 is 0 Å². The first-order valence-electron chi connectivity index (χ1n) is 12.4. The van der Waals surface area contributed by atoms with E-state index in [4.69, 9.17) is 4.74 Å². The lowest BCUT2D eigenvalue weighted by Gasteiger charge is -2.31. The molecule has 0 spiro atoms. The van der Waals surface area contributed by atoms with Crippen molar-refractivity contribution >= 4 is 38.5 Å². The van der Waals surface area contributed by atoms with Gasteiger partial charge in [0.1, 0.15) is 11.8 Å². The molecule has 37 heavy (non-hydrogen) atoms. The van der Waals surface area contributed by atoms with Gasteiger partial charge in [0.15, 0.2) is 6.61 Å². The van der Waals surface area contributed by atoms with Crippen molar-refractivity contribution in [1.82, 2.24) is 10.2 Å². The highest BCUT2D eigenvalue weighted by molar-refractivity contribution is 9.10. The van der Waals surface area contributed by atoms with Crippen LogP contribution >= 0.6 is 15.9 Å². The van der Waals surface area contributed by atoms with Crippen LogP contribution in [0.5, 0.6) is 5.75 Å². The molecule has 6 heteroatoms. The number of carbonyl (C=O) groups is 2. The predicted molar refractivity (Wildman–Crippen MR) is 151 cm³/mol. The van der Waals surface area contributed by atoms with Crippen LogP contribution in [0.3, 0.4) is 0 Å². The third kappa shape index (κ3) is 6.77. The summed E-state index contributed by atoms with van der Waals surface area (Å²) in [6.07, 6.45) is 0.407. The molecule has 4 aromatic carbocycles. The fraction of sp³-hybridized carbons (Fsp3) is 0.226. The summed E-state index contributed by atoms with van der Waals surface area (Å²) < 4.78 is 6.82. The van der Waals surface area contributed by atoms with Crippen molar-refractivity contribution < 1.29 is 14.3 Å². The van der Waals surface area contributed by atoms with Crippen LogP contribution in [0, 0.1) is 6.92 Å². The van der Waals surface area contributed by atoms with Crippen LogP contribution in [0.25, 0.3) is 10.8 Å². The van der Waals surface area contributed by atoms with E-state index in [0.717, 1.165) is 31.9 Å². The molecule has 0 aliphatic carbocycles. The molecule has 0 saturated heterocycles. The van der Waals surface area contributed by atoms with Crippen LogP contribution in [0.15, 0.2) is 95.5 Å². The second kappa shape index (κ2) is 12.5. The van der Waals surface area contributed by atoms with Gasteiger partial charge in [-0.05, 0) is 57.7 Å². The Bertz CT molecular complexity index is 1370. The van der Waals surface area contributed by atoms with Gasteiger partial charge in [0.2, 0.25) is 5.91 Å². The van der Waals surface area contributed by atoms with Gasteiger partial charge in [-0.2, -0.15) is 0 Å². The van der Waals surface area contributed by atoms with Crippen LogP contribution < -0.4 is 10.1 Å². The normalized spacial score (nSPS) is 11.6. The molecular formula is C31H31BrN2O3. The van der Waals surface area contributed by atoms with E-state index in [-0.39, 0.29) is 18.4 Å². The fourth-order valence-electron chi connectivity index (χ4n) is 4.40. The maximum Gasteiger partial charge on any atom is 0.261 e. The number of amides is 2. The number of hydrogen-bond acceptors (Lipinski definition) is 3. The van der Waals surface area contributed by atoms with Gasteiger partial charge in [-0.15, -0.1) is 0 Å². The zero-order chi connectivity index (χ0) is 26.2. The van der Waals surface area contributed by atoms with Crippen LogP contribution in [-0.2, 0) is 22.6 Å². The van der Waals surface area contributed by atoms with Gasteiger partial charge < -0.3 is 15.0 Å². The highest BCUT2D eigenvalue weighted by atomic mass is 79.9. The summed E-state index contributed by atoms with van der Waals surface area (Å²) in [6, 6.07) is 28.9. The van der Waals surface area contributed by atoms with Gasteiger partial charge in [0, 0.05) is 19.5 Å². The Morgan fingerprint density at radius 1 is 0.919 bits per heavy atom. The minimum atomic E-state index is -0.681. The molecule has 0 fully saturated rings. The summed E-state index contributed by atoms with van der Waals surface area (Å²) in [4.78, 5) is 28.6. The minimum absolute atomic E-state index is 0.181. The van der Waals surface area contributed by atoms with Crippen LogP contribution in [0.4, 0.5) is 0 Å². The standard InChI is InChI=1S/C31H31BrN2O3/c1-3-33-31(36)27(19-23-11-5-4-6-12-23)34(20-24-13-9-10-22(2)18-24)29(35)21-37-28-17-16-25-14-7-8-15-26(25)30(28)32/h4-18,27H,3,19-21H2,1-2H3,(H,33,36)/t27-/m1/s1. The smallest absolute Gasteiger partial charge is 0.261 e. The topological polar surface area (TPSA) is 58.6 Å². The average molecular weight is 560 g/mol. The Morgan fingerprint density at radius 2 is 1.65 bits per heavy atom. The monoisotopic (exact) mass is 558 g/mol. The summed E-state index contributed by atoms with van der Waals surface area (Å²) in [6.45, 7) is 4.49. The van der Waals surface area contributed by atoms with E-state index in [2.05, 4.69) is 21.2 Å². The van der Waals surface area contributed by atoms with Crippen molar-refractivity contribution in [3.8, 4) is 5.75 Å². The first kappa shape index (κ1) is 26.4. The first-order valence-corrected chi connectivity index (χ1v) is 13.2. The number of nitrogens with one attached hydrogen (secondary N) is 1. The molecule has 0 aliphatic rings. The molecule has 0 bridgehead atoms. The predicted octanol–water partition coefficient (Wildman–Crippen LogP) is 6.07. The van der Waals surface area contributed by atoms with Crippen LogP contribution in [-0.4, -0.2) is 35.9 Å². The number of fused-ring (bicyclic) bond motifs is 1. The van der Waals surface area contributed by atoms with Gasteiger partial charge >= 0.3 is 0 Å². The second-order valence-corrected chi connectivity index (χ2v) is 9.79. The quantitative estimate of drug-likeness (QED) is 0.257. The van der Waals surface area contributed by atoms with Crippen molar-refractivity contribution in [3.05, 3.63) is 112 Å². The van der Waals surface area contributed by atoms with E-state index in [0.29, 0.717) is 25.3 Å². The highest BCUT2D eigenvalue weighted by Gasteiger charge is 2.30. The van der Waals surface area contributed by atoms with E-state index in [1.54, 1.807) is 4.90 Å². The molecule has 190 valence electrons. The zero-order valence-corrected chi connectivity index (χ0v) is 22.7. The molecule has 1 atom stereocenters. The number of ether oxygens (including phenoxy) is 1. The average Bonchev–Trinajstić information content (AvgIpc) is 2.91. The number of hydrogen-bond donors (Lipinski definition) is 1. The van der Waals surface area contributed by atoms with Gasteiger partial charge in [0.25, 0.3) is 5.91 Å². The highest BCUT2D eigenvalue weighted by Crippen LogP contribution is 2.33. The molecular weight excluding hydrogens is 528 g/mol. The van der Waals surface area contributed by atoms with Crippen molar-refractivity contribution in [3.63, 3.8) is 0 Å². The molecule has 0 aromatic heterocycles. The van der Waals surface area contributed by atoms with Crippen LogP contribution in [0.1, 0.15) is 23.6 Å². The Labute approximate surface area is 226 Å². The number of likely N-dealkylation sites (N-methyl/N-ethyl adjacent to an activating group) is 1. The van der Waals surface area contributed by atoms with E-state index in [9.17, 15) is 9.59 Å². The fourth-order valence-corrected chi connectivity index (χ4v) is 5.01. The molecule has 5 nitrogen and oxygen atoms in total. The summed E-state index contributed by atoms with van der Waals surface area (Å²) in [5.74, 6) is 0.146. The molecule has 0 saturated carbocycles.